The maximum absolute atomic E-state index is 6.16. The third kappa shape index (κ3) is 2.45. The molecular weight excluding hydrogens is 238 g/mol. The number of rotatable bonds is 2. The third-order valence-electron chi connectivity index (χ3n) is 4.04. The van der Waals surface area contributed by atoms with Crippen LogP contribution in [0.3, 0.4) is 0 Å². The molecule has 1 heterocycles. The van der Waals surface area contributed by atoms with E-state index in [-0.39, 0.29) is 0 Å². The molecule has 2 aromatic rings. The highest BCUT2D eigenvalue weighted by Gasteiger charge is 2.20. The Morgan fingerprint density at radius 3 is 2.74 bits per heavy atom. The van der Waals surface area contributed by atoms with Crippen LogP contribution in [0.15, 0.2) is 18.3 Å². The topological polar surface area (TPSA) is 53.1 Å². The van der Waals surface area contributed by atoms with Gasteiger partial charge in [0, 0.05) is 30.2 Å². The number of nitrogens with zero attached hydrogens (tertiary/aromatic N) is 2. The summed E-state index contributed by atoms with van der Waals surface area (Å²) in [6.07, 6.45) is 6.62. The first-order chi connectivity index (χ1) is 9.13. The molecule has 2 N–H and O–H groups in total. The highest BCUT2D eigenvalue weighted by atomic mass is 16.5. The summed E-state index contributed by atoms with van der Waals surface area (Å²) in [7, 11) is 1.95. The van der Waals surface area contributed by atoms with E-state index in [1.54, 1.807) is 0 Å². The van der Waals surface area contributed by atoms with Gasteiger partial charge >= 0.3 is 0 Å². The second-order valence-electron chi connectivity index (χ2n) is 5.58. The summed E-state index contributed by atoms with van der Waals surface area (Å²) >= 11 is 0. The van der Waals surface area contributed by atoms with E-state index >= 15 is 0 Å². The summed E-state index contributed by atoms with van der Waals surface area (Å²) in [5.41, 5.74) is 8.14. The van der Waals surface area contributed by atoms with E-state index < -0.39 is 0 Å². The number of nitrogens with two attached hydrogens (primary N) is 1. The van der Waals surface area contributed by atoms with Crippen LogP contribution in [-0.2, 0) is 7.05 Å². The standard InChI is InChI=1S/C15H21N3O/c1-10-13-9-18(2)17-14(13)7-8-15(10)19-12-5-3-11(16)4-6-12/h7-9,11-12H,3-6,16H2,1-2H3/t11-,12+. The molecule has 3 rings (SSSR count). The first-order valence-corrected chi connectivity index (χ1v) is 6.98. The second kappa shape index (κ2) is 4.85. The van der Waals surface area contributed by atoms with Crippen molar-refractivity contribution in [3.05, 3.63) is 23.9 Å². The Kier molecular flexibility index (Phi) is 3.19. The highest BCUT2D eigenvalue weighted by molar-refractivity contribution is 5.83. The Morgan fingerprint density at radius 1 is 1.26 bits per heavy atom. The minimum absolute atomic E-state index is 0.313. The minimum Gasteiger partial charge on any atom is -0.490 e. The van der Waals surface area contributed by atoms with Crippen molar-refractivity contribution in [1.29, 1.82) is 0 Å². The van der Waals surface area contributed by atoms with Gasteiger partial charge < -0.3 is 10.5 Å². The Balaban J connectivity index is 1.82. The van der Waals surface area contributed by atoms with Crippen LogP contribution < -0.4 is 10.5 Å². The molecule has 0 unspecified atom stereocenters. The van der Waals surface area contributed by atoms with Crippen LogP contribution in [0.4, 0.5) is 0 Å². The van der Waals surface area contributed by atoms with Gasteiger partial charge in [-0.15, -0.1) is 0 Å². The van der Waals surface area contributed by atoms with Crippen molar-refractivity contribution in [2.75, 3.05) is 0 Å². The van der Waals surface area contributed by atoms with E-state index in [9.17, 15) is 0 Å². The third-order valence-corrected chi connectivity index (χ3v) is 4.04. The molecule has 4 heteroatoms. The van der Waals surface area contributed by atoms with E-state index in [1.807, 2.05) is 30.1 Å². The first kappa shape index (κ1) is 12.5. The lowest BCUT2D eigenvalue weighted by Gasteiger charge is -2.27. The van der Waals surface area contributed by atoms with Crippen molar-refractivity contribution in [1.82, 2.24) is 9.78 Å². The molecule has 1 aliphatic rings. The molecule has 0 atom stereocenters. The van der Waals surface area contributed by atoms with E-state index in [0.29, 0.717) is 12.1 Å². The van der Waals surface area contributed by atoms with Crippen LogP contribution in [0.25, 0.3) is 10.9 Å². The first-order valence-electron chi connectivity index (χ1n) is 6.98. The van der Waals surface area contributed by atoms with Gasteiger partial charge in [0.2, 0.25) is 0 Å². The van der Waals surface area contributed by atoms with Crippen molar-refractivity contribution < 1.29 is 4.74 Å². The lowest BCUT2D eigenvalue weighted by Crippen LogP contribution is -2.31. The largest absolute Gasteiger partial charge is 0.490 e. The van der Waals surface area contributed by atoms with Crippen LogP contribution in [0.5, 0.6) is 5.75 Å². The van der Waals surface area contributed by atoms with Gasteiger partial charge in [-0.2, -0.15) is 5.10 Å². The smallest absolute Gasteiger partial charge is 0.123 e. The van der Waals surface area contributed by atoms with Crippen molar-refractivity contribution in [3.63, 3.8) is 0 Å². The summed E-state index contributed by atoms with van der Waals surface area (Å²) < 4.78 is 8.01. The lowest BCUT2D eigenvalue weighted by molar-refractivity contribution is 0.146. The highest BCUT2D eigenvalue weighted by Crippen LogP contribution is 2.29. The SMILES string of the molecule is Cc1c(O[C@H]2CC[C@@H](N)CC2)ccc2nn(C)cc12. The van der Waals surface area contributed by atoms with E-state index in [2.05, 4.69) is 12.0 Å². The van der Waals surface area contributed by atoms with Crippen LogP contribution in [0.2, 0.25) is 0 Å². The summed E-state index contributed by atoms with van der Waals surface area (Å²) in [6, 6.07) is 4.44. The zero-order valence-electron chi connectivity index (χ0n) is 11.6. The maximum atomic E-state index is 6.16. The maximum Gasteiger partial charge on any atom is 0.123 e. The van der Waals surface area contributed by atoms with Crippen LogP contribution in [-0.4, -0.2) is 21.9 Å². The monoisotopic (exact) mass is 259 g/mol. The minimum atomic E-state index is 0.313. The number of aryl methyl sites for hydroxylation is 2. The number of benzene rings is 1. The zero-order chi connectivity index (χ0) is 13.4. The summed E-state index contributed by atoms with van der Waals surface area (Å²) in [4.78, 5) is 0. The Morgan fingerprint density at radius 2 is 2.00 bits per heavy atom. The van der Waals surface area contributed by atoms with Gasteiger partial charge in [0.15, 0.2) is 0 Å². The summed E-state index contributed by atoms with van der Waals surface area (Å²) in [5.74, 6) is 0.987. The molecule has 0 radical (unpaired) electrons. The molecule has 1 saturated carbocycles. The predicted octanol–water partition coefficient (Wildman–Crippen LogP) is 2.53. The molecule has 0 aliphatic heterocycles. The molecule has 0 amide bonds. The molecule has 19 heavy (non-hydrogen) atoms. The number of hydrogen-bond acceptors (Lipinski definition) is 3. The van der Waals surface area contributed by atoms with Crippen LogP contribution in [0.1, 0.15) is 31.2 Å². The predicted molar refractivity (Wildman–Crippen MR) is 76.3 cm³/mol. The van der Waals surface area contributed by atoms with E-state index in [4.69, 9.17) is 10.5 Å². The normalized spacial score (nSPS) is 23.7. The molecule has 102 valence electrons. The van der Waals surface area contributed by atoms with Crippen LogP contribution >= 0.6 is 0 Å². The van der Waals surface area contributed by atoms with Gasteiger partial charge in [-0.3, -0.25) is 4.68 Å². The van der Waals surface area contributed by atoms with Gasteiger partial charge in [0.05, 0.1) is 11.6 Å². The van der Waals surface area contributed by atoms with Crippen molar-refractivity contribution in [2.45, 2.75) is 44.8 Å². The lowest BCUT2D eigenvalue weighted by atomic mass is 9.93. The molecule has 0 bridgehead atoms. The van der Waals surface area contributed by atoms with Gasteiger partial charge in [-0.05, 0) is 44.7 Å². The van der Waals surface area contributed by atoms with Crippen molar-refractivity contribution >= 4 is 10.9 Å². The molecule has 0 saturated heterocycles. The molecule has 0 spiro atoms. The van der Waals surface area contributed by atoms with Gasteiger partial charge in [-0.1, -0.05) is 0 Å². The van der Waals surface area contributed by atoms with Crippen molar-refractivity contribution in [2.24, 2.45) is 12.8 Å². The molecule has 4 nitrogen and oxygen atoms in total. The molecule has 1 aliphatic carbocycles. The fourth-order valence-electron chi connectivity index (χ4n) is 2.84. The zero-order valence-corrected chi connectivity index (χ0v) is 11.6. The fraction of sp³-hybridized carbons (Fsp3) is 0.533. The Labute approximate surface area is 113 Å². The number of fused-ring (bicyclic) bond motifs is 1. The fourth-order valence-corrected chi connectivity index (χ4v) is 2.84. The average molecular weight is 259 g/mol. The Bertz CT molecular complexity index is 582. The van der Waals surface area contributed by atoms with Crippen molar-refractivity contribution in [3.8, 4) is 5.75 Å². The van der Waals surface area contributed by atoms with Gasteiger partial charge in [0.25, 0.3) is 0 Å². The van der Waals surface area contributed by atoms with Crippen LogP contribution in [0, 0.1) is 6.92 Å². The average Bonchev–Trinajstić information content (AvgIpc) is 2.77. The Hall–Kier alpha value is -1.55. The number of aromatic nitrogens is 2. The van der Waals surface area contributed by atoms with Gasteiger partial charge in [0.1, 0.15) is 5.75 Å². The summed E-state index contributed by atoms with van der Waals surface area (Å²) in [5, 5.41) is 5.59. The van der Waals surface area contributed by atoms with E-state index in [1.165, 1.54) is 10.9 Å². The van der Waals surface area contributed by atoms with Gasteiger partial charge in [-0.25, -0.2) is 0 Å². The molecular formula is C15H21N3O. The molecule has 1 aromatic heterocycles. The molecule has 1 fully saturated rings. The number of hydrogen-bond donors (Lipinski definition) is 1. The quantitative estimate of drug-likeness (QED) is 0.901. The second-order valence-corrected chi connectivity index (χ2v) is 5.58. The van der Waals surface area contributed by atoms with E-state index in [0.717, 1.165) is 36.9 Å². The summed E-state index contributed by atoms with van der Waals surface area (Å²) in [6.45, 7) is 2.11. The molecule has 1 aromatic carbocycles. The number of ether oxygens (including phenoxy) is 1.